The Morgan fingerprint density at radius 1 is 1.13 bits per heavy atom. The van der Waals surface area contributed by atoms with Gasteiger partial charge in [0.15, 0.2) is 5.82 Å². The summed E-state index contributed by atoms with van der Waals surface area (Å²) in [6.07, 6.45) is 4.03. The fraction of sp³-hybridized carbons (Fsp3) is 0.556. The molecule has 2 heterocycles. The number of aliphatic hydroxyl groups is 1. The van der Waals surface area contributed by atoms with Gasteiger partial charge in [0.25, 0.3) is 0 Å². The van der Waals surface area contributed by atoms with E-state index in [1.54, 1.807) is 0 Å². The van der Waals surface area contributed by atoms with Crippen LogP contribution in [0.4, 0.5) is 0 Å². The summed E-state index contributed by atoms with van der Waals surface area (Å²) < 4.78 is 5.36. The smallest absolute Gasteiger partial charge is 0.240 e. The van der Waals surface area contributed by atoms with Crippen LogP contribution < -0.4 is 0 Å². The van der Waals surface area contributed by atoms with Crippen LogP contribution in [0.25, 0.3) is 0 Å². The average Bonchev–Trinajstić information content (AvgIpc) is 3.36. The number of aromatic nitrogens is 2. The van der Waals surface area contributed by atoms with Gasteiger partial charge in [0.1, 0.15) is 0 Å². The van der Waals surface area contributed by atoms with E-state index in [0.29, 0.717) is 11.8 Å². The van der Waals surface area contributed by atoms with Crippen LogP contribution in [-0.2, 0) is 6.54 Å². The number of aliphatic hydroxyl groups excluding tert-OH is 1. The van der Waals surface area contributed by atoms with Gasteiger partial charge in [-0.25, -0.2) is 0 Å². The largest absolute Gasteiger partial charge is 0.388 e. The van der Waals surface area contributed by atoms with Crippen LogP contribution in [0.5, 0.6) is 0 Å². The molecule has 1 aromatic carbocycles. The second kappa shape index (κ2) is 6.42. The third kappa shape index (κ3) is 3.46. The Morgan fingerprint density at radius 2 is 1.87 bits per heavy atom. The van der Waals surface area contributed by atoms with Crippen molar-refractivity contribution >= 4 is 0 Å². The molecule has 0 unspecified atom stereocenters. The summed E-state index contributed by atoms with van der Waals surface area (Å²) in [6.45, 7) is 2.67. The molecule has 1 aliphatic carbocycles. The summed E-state index contributed by atoms with van der Waals surface area (Å²) in [7, 11) is 0. The minimum Gasteiger partial charge on any atom is -0.388 e. The Balaban J connectivity index is 1.30. The minimum atomic E-state index is -0.358. The number of hydrogen-bond donors (Lipinski definition) is 1. The van der Waals surface area contributed by atoms with Crippen LogP contribution in [0, 0.1) is 5.92 Å². The predicted octanol–water partition coefficient (Wildman–Crippen LogP) is 2.89. The quantitative estimate of drug-likeness (QED) is 0.919. The van der Waals surface area contributed by atoms with Crippen LogP contribution in [0.2, 0.25) is 0 Å². The molecule has 2 fully saturated rings. The van der Waals surface area contributed by atoms with Gasteiger partial charge in [0.2, 0.25) is 5.89 Å². The van der Waals surface area contributed by atoms with Gasteiger partial charge in [-0.1, -0.05) is 35.5 Å². The summed E-state index contributed by atoms with van der Waals surface area (Å²) in [4.78, 5) is 6.84. The van der Waals surface area contributed by atoms with Gasteiger partial charge in [-0.05, 0) is 50.3 Å². The number of nitrogens with zero attached hydrogens (tertiary/aromatic N) is 3. The lowest BCUT2D eigenvalue weighted by atomic mass is 9.87. The summed E-state index contributed by atoms with van der Waals surface area (Å²) in [5.74, 6) is 2.49. The van der Waals surface area contributed by atoms with E-state index in [-0.39, 0.29) is 6.10 Å². The van der Waals surface area contributed by atoms with E-state index in [0.717, 1.165) is 49.8 Å². The molecule has 1 aliphatic heterocycles. The Bertz CT molecular complexity index is 631. The molecule has 0 spiro atoms. The van der Waals surface area contributed by atoms with E-state index in [2.05, 4.69) is 15.0 Å². The van der Waals surface area contributed by atoms with Gasteiger partial charge in [-0.15, -0.1) is 0 Å². The SMILES string of the molecule is O[C@@H](c1ccccc1)C1CCN(Cc2nc(C3CC3)no2)CC1. The van der Waals surface area contributed by atoms with Crippen LogP contribution >= 0.6 is 0 Å². The maximum absolute atomic E-state index is 10.5. The van der Waals surface area contributed by atoms with Gasteiger partial charge in [-0.2, -0.15) is 4.98 Å². The first-order valence-electron chi connectivity index (χ1n) is 8.57. The molecule has 5 heteroatoms. The van der Waals surface area contributed by atoms with E-state index in [4.69, 9.17) is 4.52 Å². The first kappa shape index (κ1) is 14.8. The number of hydrogen-bond acceptors (Lipinski definition) is 5. The van der Waals surface area contributed by atoms with E-state index in [1.807, 2.05) is 30.3 Å². The number of rotatable bonds is 5. The van der Waals surface area contributed by atoms with Gasteiger partial charge in [0, 0.05) is 5.92 Å². The third-order valence-electron chi connectivity index (χ3n) is 5.01. The van der Waals surface area contributed by atoms with E-state index in [9.17, 15) is 5.11 Å². The molecule has 4 rings (SSSR count). The van der Waals surface area contributed by atoms with Crippen LogP contribution in [0.15, 0.2) is 34.9 Å². The maximum Gasteiger partial charge on any atom is 0.240 e. The highest BCUT2D eigenvalue weighted by atomic mass is 16.5. The molecular weight excluding hydrogens is 290 g/mol. The first-order valence-corrected chi connectivity index (χ1v) is 8.57. The number of piperidine rings is 1. The molecule has 122 valence electrons. The lowest BCUT2D eigenvalue weighted by Crippen LogP contribution is -2.35. The second-order valence-corrected chi connectivity index (χ2v) is 6.79. The normalized spacial score (nSPS) is 21.4. The fourth-order valence-electron chi connectivity index (χ4n) is 3.38. The van der Waals surface area contributed by atoms with Crippen LogP contribution in [-0.4, -0.2) is 33.2 Å². The van der Waals surface area contributed by atoms with Gasteiger partial charge < -0.3 is 9.63 Å². The summed E-state index contributed by atoms with van der Waals surface area (Å²) in [5, 5.41) is 14.6. The highest BCUT2D eigenvalue weighted by molar-refractivity contribution is 5.18. The summed E-state index contributed by atoms with van der Waals surface area (Å²) in [5.41, 5.74) is 1.02. The van der Waals surface area contributed by atoms with E-state index in [1.165, 1.54) is 12.8 Å². The minimum absolute atomic E-state index is 0.332. The molecule has 1 saturated carbocycles. The van der Waals surface area contributed by atoms with Crippen molar-refractivity contribution in [3.63, 3.8) is 0 Å². The third-order valence-corrected chi connectivity index (χ3v) is 5.01. The monoisotopic (exact) mass is 313 g/mol. The lowest BCUT2D eigenvalue weighted by molar-refractivity contribution is 0.0538. The zero-order valence-corrected chi connectivity index (χ0v) is 13.3. The molecule has 0 amide bonds. The molecule has 23 heavy (non-hydrogen) atoms. The van der Waals surface area contributed by atoms with Crippen molar-refractivity contribution < 1.29 is 9.63 Å². The highest BCUT2D eigenvalue weighted by Gasteiger charge is 2.30. The summed E-state index contributed by atoms with van der Waals surface area (Å²) >= 11 is 0. The average molecular weight is 313 g/mol. The zero-order chi connectivity index (χ0) is 15.6. The number of likely N-dealkylation sites (tertiary alicyclic amines) is 1. The Hall–Kier alpha value is -1.72. The Morgan fingerprint density at radius 3 is 2.57 bits per heavy atom. The summed E-state index contributed by atoms with van der Waals surface area (Å²) in [6, 6.07) is 9.98. The highest BCUT2D eigenvalue weighted by Crippen LogP contribution is 2.38. The van der Waals surface area contributed by atoms with Crippen LogP contribution in [0.1, 0.15) is 55.0 Å². The van der Waals surface area contributed by atoms with Crippen molar-refractivity contribution in [1.29, 1.82) is 0 Å². The molecular formula is C18H23N3O2. The van der Waals surface area contributed by atoms with Crippen molar-refractivity contribution in [1.82, 2.24) is 15.0 Å². The molecule has 0 bridgehead atoms. The predicted molar refractivity (Wildman–Crippen MR) is 85.7 cm³/mol. The van der Waals surface area contributed by atoms with Gasteiger partial charge in [0.05, 0.1) is 12.6 Å². The zero-order valence-electron chi connectivity index (χ0n) is 13.3. The Labute approximate surface area is 136 Å². The van der Waals surface area contributed by atoms with Crippen molar-refractivity contribution in [3.8, 4) is 0 Å². The van der Waals surface area contributed by atoms with Crippen molar-refractivity contribution in [2.75, 3.05) is 13.1 Å². The van der Waals surface area contributed by atoms with Crippen molar-refractivity contribution in [3.05, 3.63) is 47.6 Å². The fourth-order valence-corrected chi connectivity index (χ4v) is 3.38. The van der Waals surface area contributed by atoms with Crippen LogP contribution in [0.3, 0.4) is 0 Å². The topological polar surface area (TPSA) is 62.4 Å². The van der Waals surface area contributed by atoms with Gasteiger partial charge >= 0.3 is 0 Å². The van der Waals surface area contributed by atoms with Crippen molar-refractivity contribution in [2.24, 2.45) is 5.92 Å². The molecule has 1 aromatic heterocycles. The Kier molecular flexibility index (Phi) is 4.14. The molecule has 5 nitrogen and oxygen atoms in total. The van der Waals surface area contributed by atoms with Crippen molar-refractivity contribution in [2.45, 2.75) is 44.2 Å². The van der Waals surface area contributed by atoms with E-state index >= 15 is 0 Å². The molecule has 1 saturated heterocycles. The molecule has 1 atom stereocenters. The molecule has 0 radical (unpaired) electrons. The molecule has 2 aromatic rings. The molecule has 2 aliphatic rings. The van der Waals surface area contributed by atoms with E-state index < -0.39 is 0 Å². The lowest BCUT2D eigenvalue weighted by Gasteiger charge is -2.33. The number of benzene rings is 1. The maximum atomic E-state index is 10.5. The second-order valence-electron chi connectivity index (χ2n) is 6.79. The molecule has 1 N–H and O–H groups in total. The first-order chi connectivity index (χ1) is 11.3. The van der Waals surface area contributed by atoms with Gasteiger partial charge in [-0.3, -0.25) is 4.90 Å². The standard InChI is InChI=1S/C18H23N3O2/c22-17(13-4-2-1-3-5-13)14-8-10-21(11-9-14)12-16-19-18(20-23-16)15-6-7-15/h1-5,14-15,17,22H,6-12H2/t17-/m0/s1.